The molecule has 2 rings (SSSR count). The van der Waals surface area contributed by atoms with E-state index in [1.54, 1.807) is 43.3 Å². The molecule has 0 atom stereocenters. The molecule has 126 valence electrons. The molecular weight excluding hydrogens is 336 g/mol. The van der Waals surface area contributed by atoms with Crippen molar-refractivity contribution in [2.24, 2.45) is 0 Å². The molecule has 0 aliphatic carbocycles. The summed E-state index contributed by atoms with van der Waals surface area (Å²) >= 11 is 5.76. The van der Waals surface area contributed by atoms with Crippen LogP contribution in [0.15, 0.2) is 42.5 Å². The molecule has 2 aromatic carbocycles. The second kappa shape index (κ2) is 8.16. The van der Waals surface area contributed by atoms with Crippen LogP contribution >= 0.6 is 11.6 Å². The highest BCUT2D eigenvalue weighted by Gasteiger charge is 2.12. The zero-order chi connectivity index (χ0) is 17.5. The van der Waals surface area contributed by atoms with Crippen LogP contribution in [0.2, 0.25) is 5.02 Å². The molecule has 8 heteroatoms. The maximum absolute atomic E-state index is 11.7. The topological polar surface area (TPSA) is 90.7 Å². The predicted molar refractivity (Wildman–Crippen MR) is 89.8 cm³/mol. The first kappa shape index (κ1) is 17.6. The van der Waals surface area contributed by atoms with Crippen LogP contribution in [0.4, 0.5) is 16.2 Å². The summed E-state index contributed by atoms with van der Waals surface area (Å²) < 4.78 is 10.3. The van der Waals surface area contributed by atoms with E-state index in [-0.39, 0.29) is 24.6 Å². The average Bonchev–Trinajstić information content (AvgIpc) is 2.55. The third-order valence-corrected chi connectivity index (χ3v) is 3.30. The van der Waals surface area contributed by atoms with Gasteiger partial charge in [-0.3, -0.25) is 15.4 Å². The van der Waals surface area contributed by atoms with Gasteiger partial charge in [0.1, 0.15) is 19.0 Å². The third-order valence-electron chi connectivity index (χ3n) is 3.05. The molecule has 0 saturated heterocycles. The molecule has 0 heterocycles. The maximum atomic E-state index is 11.7. The Balaban J connectivity index is 1.78. The highest BCUT2D eigenvalue weighted by molar-refractivity contribution is 6.30. The summed E-state index contributed by atoms with van der Waals surface area (Å²) in [5.41, 5.74) is 0.727. The Morgan fingerprint density at radius 3 is 2.58 bits per heavy atom. The summed E-state index contributed by atoms with van der Waals surface area (Å²) in [7, 11) is 0. The van der Waals surface area contributed by atoms with E-state index in [0.717, 1.165) is 0 Å². The Labute approximate surface area is 143 Å². The van der Waals surface area contributed by atoms with Crippen LogP contribution in [0.3, 0.4) is 0 Å². The number of benzene rings is 2. The molecule has 1 N–H and O–H groups in total. The van der Waals surface area contributed by atoms with Gasteiger partial charge in [0.15, 0.2) is 0 Å². The SMILES string of the molecule is Cc1ccc(NC(=O)OCCOc2ccc(Cl)cc2)cc1[N+](=O)[O-]. The molecular formula is C16H15ClN2O5. The van der Waals surface area contributed by atoms with Crippen molar-refractivity contribution in [3.05, 3.63) is 63.2 Å². The number of carbonyl (C=O) groups excluding carboxylic acids is 1. The van der Waals surface area contributed by atoms with Gasteiger partial charge < -0.3 is 9.47 Å². The number of aryl methyl sites for hydroxylation is 1. The van der Waals surface area contributed by atoms with Gasteiger partial charge in [0.2, 0.25) is 0 Å². The highest BCUT2D eigenvalue weighted by Crippen LogP contribution is 2.22. The van der Waals surface area contributed by atoms with Crippen LogP contribution in [-0.4, -0.2) is 24.2 Å². The highest BCUT2D eigenvalue weighted by atomic mass is 35.5. The number of halogens is 1. The Hall–Kier alpha value is -2.80. The molecule has 2 aromatic rings. The van der Waals surface area contributed by atoms with E-state index in [1.165, 1.54) is 6.07 Å². The Kier molecular flexibility index (Phi) is 5.97. The first-order valence-corrected chi connectivity index (χ1v) is 7.40. The van der Waals surface area contributed by atoms with Crippen molar-refractivity contribution in [1.29, 1.82) is 0 Å². The molecule has 0 saturated carbocycles. The van der Waals surface area contributed by atoms with E-state index in [4.69, 9.17) is 21.1 Å². The predicted octanol–water partition coefficient (Wildman–Crippen LogP) is 4.18. The van der Waals surface area contributed by atoms with Crippen molar-refractivity contribution >= 4 is 29.1 Å². The van der Waals surface area contributed by atoms with Gasteiger partial charge in [-0.05, 0) is 37.3 Å². The summed E-state index contributed by atoms with van der Waals surface area (Å²) in [5, 5.41) is 13.9. The van der Waals surface area contributed by atoms with Gasteiger partial charge >= 0.3 is 6.09 Å². The fourth-order valence-electron chi connectivity index (χ4n) is 1.86. The Bertz CT molecular complexity index is 734. The van der Waals surface area contributed by atoms with Crippen molar-refractivity contribution in [3.8, 4) is 5.75 Å². The standard InChI is InChI=1S/C16H15ClN2O5/c1-11-2-5-13(10-15(11)19(21)22)18-16(20)24-9-8-23-14-6-3-12(17)4-7-14/h2-7,10H,8-9H2,1H3,(H,18,20). The number of carbonyl (C=O) groups is 1. The number of anilines is 1. The molecule has 24 heavy (non-hydrogen) atoms. The van der Waals surface area contributed by atoms with Gasteiger partial charge in [-0.1, -0.05) is 17.7 Å². The molecule has 0 spiro atoms. The first-order chi connectivity index (χ1) is 11.5. The summed E-state index contributed by atoms with van der Waals surface area (Å²) in [6.07, 6.45) is -0.715. The van der Waals surface area contributed by atoms with E-state index >= 15 is 0 Å². The number of nitro benzene ring substituents is 1. The number of rotatable bonds is 6. The van der Waals surface area contributed by atoms with E-state index in [1.807, 2.05) is 0 Å². The Morgan fingerprint density at radius 2 is 1.92 bits per heavy atom. The lowest BCUT2D eigenvalue weighted by atomic mass is 10.2. The van der Waals surface area contributed by atoms with Crippen LogP contribution < -0.4 is 10.1 Å². The molecule has 0 unspecified atom stereocenters. The second-order valence-electron chi connectivity index (χ2n) is 4.82. The number of nitrogens with one attached hydrogen (secondary N) is 1. The molecule has 0 bridgehead atoms. The summed E-state index contributed by atoms with van der Waals surface area (Å²) in [5.74, 6) is 0.609. The van der Waals surface area contributed by atoms with Crippen LogP contribution in [0.25, 0.3) is 0 Å². The monoisotopic (exact) mass is 350 g/mol. The molecule has 1 amide bonds. The van der Waals surface area contributed by atoms with Crippen LogP contribution in [-0.2, 0) is 4.74 Å². The first-order valence-electron chi connectivity index (χ1n) is 7.03. The van der Waals surface area contributed by atoms with Crippen molar-refractivity contribution < 1.29 is 19.2 Å². The van der Waals surface area contributed by atoms with E-state index in [2.05, 4.69) is 5.32 Å². The van der Waals surface area contributed by atoms with Crippen molar-refractivity contribution in [2.45, 2.75) is 6.92 Å². The minimum Gasteiger partial charge on any atom is -0.490 e. The van der Waals surface area contributed by atoms with Crippen molar-refractivity contribution in [2.75, 3.05) is 18.5 Å². The smallest absolute Gasteiger partial charge is 0.411 e. The molecule has 0 aliphatic heterocycles. The summed E-state index contributed by atoms with van der Waals surface area (Å²) in [6.45, 7) is 1.82. The molecule has 7 nitrogen and oxygen atoms in total. The van der Waals surface area contributed by atoms with Crippen LogP contribution in [0.5, 0.6) is 5.75 Å². The minimum atomic E-state index is -0.715. The number of hydrogen-bond donors (Lipinski definition) is 1. The quantitative estimate of drug-likeness (QED) is 0.479. The average molecular weight is 351 g/mol. The second-order valence-corrected chi connectivity index (χ2v) is 5.26. The molecule has 0 aliphatic rings. The van der Waals surface area contributed by atoms with Gasteiger partial charge in [-0.25, -0.2) is 4.79 Å². The van der Waals surface area contributed by atoms with Gasteiger partial charge in [0.25, 0.3) is 5.69 Å². The third kappa shape index (κ3) is 5.13. The number of nitro groups is 1. The van der Waals surface area contributed by atoms with Crippen LogP contribution in [0.1, 0.15) is 5.56 Å². The van der Waals surface area contributed by atoms with E-state index in [9.17, 15) is 14.9 Å². The lowest BCUT2D eigenvalue weighted by Gasteiger charge is -2.09. The number of ether oxygens (including phenoxy) is 2. The molecule has 0 fully saturated rings. The zero-order valence-electron chi connectivity index (χ0n) is 12.8. The fraction of sp³-hybridized carbons (Fsp3) is 0.188. The normalized spacial score (nSPS) is 10.1. The van der Waals surface area contributed by atoms with Gasteiger partial charge in [-0.2, -0.15) is 0 Å². The lowest BCUT2D eigenvalue weighted by Crippen LogP contribution is -2.17. The van der Waals surface area contributed by atoms with Crippen molar-refractivity contribution in [1.82, 2.24) is 0 Å². The minimum absolute atomic E-state index is 0.0302. The fourth-order valence-corrected chi connectivity index (χ4v) is 1.99. The maximum Gasteiger partial charge on any atom is 0.411 e. The van der Waals surface area contributed by atoms with Gasteiger partial charge in [0.05, 0.1) is 10.6 Å². The number of nitrogens with zero attached hydrogens (tertiary/aromatic N) is 1. The van der Waals surface area contributed by atoms with E-state index < -0.39 is 11.0 Å². The van der Waals surface area contributed by atoms with Crippen LogP contribution in [0, 0.1) is 17.0 Å². The van der Waals surface area contributed by atoms with Gasteiger partial charge in [-0.15, -0.1) is 0 Å². The molecule has 0 aromatic heterocycles. The molecule has 0 radical (unpaired) electrons. The lowest BCUT2D eigenvalue weighted by molar-refractivity contribution is -0.385. The summed E-state index contributed by atoms with van der Waals surface area (Å²) in [4.78, 5) is 22.0. The number of hydrogen-bond acceptors (Lipinski definition) is 5. The van der Waals surface area contributed by atoms with Gasteiger partial charge in [0, 0.05) is 16.7 Å². The Morgan fingerprint density at radius 1 is 1.21 bits per heavy atom. The zero-order valence-corrected chi connectivity index (χ0v) is 13.6. The summed E-state index contributed by atoms with van der Waals surface area (Å²) in [6, 6.07) is 11.2. The van der Waals surface area contributed by atoms with E-state index in [0.29, 0.717) is 16.3 Å². The number of amides is 1. The van der Waals surface area contributed by atoms with Crippen molar-refractivity contribution in [3.63, 3.8) is 0 Å². The largest absolute Gasteiger partial charge is 0.490 e.